The molecule has 1 aromatic carbocycles. The van der Waals surface area contributed by atoms with Crippen molar-refractivity contribution >= 4 is 29.4 Å². The predicted octanol–water partition coefficient (Wildman–Crippen LogP) is 3.39. The van der Waals surface area contributed by atoms with E-state index in [2.05, 4.69) is 22.5 Å². The maximum atomic E-state index is 14.5. The van der Waals surface area contributed by atoms with E-state index in [0.717, 1.165) is 44.1 Å². The molecule has 2 aliphatic heterocycles. The maximum absolute atomic E-state index is 14.5. The van der Waals surface area contributed by atoms with Crippen molar-refractivity contribution in [1.29, 1.82) is 0 Å². The minimum absolute atomic E-state index is 0.0694. The van der Waals surface area contributed by atoms with Crippen molar-refractivity contribution in [3.63, 3.8) is 0 Å². The number of rotatable bonds is 9. The molecule has 11 nitrogen and oxygen atoms in total. The number of Topliss-reactive ketones (excluding diaryl/α,β-unsaturated/α-hetero) is 1. The van der Waals surface area contributed by atoms with Crippen LogP contribution in [0, 0.1) is 5.92 Å². The number of carbonyl (C=O) groups is 5. The van der Waals surface area contributed by atoms with Gasteiger partial charge in [-0.15, -0.1) is 6.58 Å². The first kappa shape index (κ1) is 36.1. The zero-order valence-electron chi connectivity index (χ0n) is 28.2. The monoisotopic (exact) mass is 652 g/mol. The lowest BCUT2D eigenvalue weighted by Gasteiger charge is -2.35. The SMILES string of the molecule is C=CCNC(=O)C(=O)C(CCC)NC(=O)C1C[C@@H]2CN1C(=O)[C@H](C1CCCCC1)NC(=O)Cc1cccc(c1)OCCCC(C)(C)O2. The van der Waals surface area contributed by atoms with E-state index in [1.54, 1.807) is 0 Å². The van der Waals surface area contributed by atoms with Crippen LogP contribution in [0.1, 0.15) is 90.5 Å². The first-order valence-electron chi connectivity index (χ1n) is 17.2. The summed E-state index contributed by atoms with van der Waals surface area (Å²) in [4.78, 5) is 69.0. The van der Waals surface area contributed by atoms with Crippen LogP contribution in [-0.4, -0.2) is 83.8 Å². The van der Waals surface area contributed by atoms with Crippen LogP contribution in [-0.2, 0) is 35.1 Å². The summed E-state index contributed by atoms with van der Waals surface area (Å²) in [7, 11) is 0. The Hall–Kier alpha value is -3.73. The summed E-state index contributed by atoms with van der Waals surface area (Å²) in [6.07, 6.45) is 8.15. The average Bonchev–Trinajstić information content (AvgIpc) is 3.47. The smallest absolute Gasteiger partial charge is 0.289 e. The van der Waals surface area contributed by atoms with Crippen molar-refractivity contribution < 1.29 is 33.4 Å². The third-order valence-corrected chi connectivity index (χ3v) is 9.33. The number of amides is 4. The Labute approximate surface area is 278 Å². The molecule has 258 valence electrons. The van der Waals surface area contributed by atoms with Crippen LogP contribution in [0.3, 0.4) is 0 Å². The average molecular weight is 653 g/mol. The highest BCUT2D eigenvalue weighted by atomic mass is 16.5. The van der Waals surface area contributed by atoms with Gasteiger partial charge in [-0.2, -0.15) is 0 Å². The maximum Gasteiger partial charge on any atom is 0.289 e. The number of ether oxygens (including phenoxy) is 2. The standard InChI is InChI=1S/C36H52N4O7/c1-5-12-28(32(42)34(44)37-18-6-2)38-33(43)29-22-27-23-40(29)35(45)31(25-14-8-7-9-15-25)39-30(41)21-24-13-10-16-26(20-24)46-19-11-17-36(3,4)47-27/h6,10,13,16,20,25,27-29,31H,2,5,7-9,11-12,14-15,17-19,21-23H2,1,3-4H3,(H,37,44)(H,38,43)(H,39,41)/t27-,28?,29?,31+/m1/s1. The lowest BCUT2D eigenvalue weighted by Crippen LogP contribution is -2.58. The van der Waals surface area contributed by atoms with Crippen LogP contribution in [0.25, 0.3) is 0 Å². The molecule has 4 bridgehead atoms. The fourth-order valence-electron chi connectivity index (χ4n) is 6.99. The Morgan fingerprint density at radius 3 is 2.64 bits per heavy atom. The summed E-state index contributed by atoms with van der Waals surface area (Å²) < 4.78 is 12.5. The molecule has 1 aliphatic carbocycles. The number of hydrogen-bond donors (Lipinski definition) is 3. The van der Waals surface area contributed by atoms with E-state index < -0.39 is 47.4 Å². The Morgan fingerprint density at radius 1 is 1.15 bits per heavy atom. The first-order valence-corrected chi connectivity index (χ1v) is 17.2. The number of carbonyl (C=O) groups excluding carboxylic acids is 5. The van der Waals surface area contributed by atoms with E-state index in [4.69, 9.17) is 9.47 Å². The highest BCUT2D eigenvalue weighted by Crippen LogP contribution is 2.32. The van der Waals surface area contributed by atoms with Gasteiger partial charge < -0.3 is 30.3 Å². The molecular formula is C36H52N4O7. The molecule has 0 spiro atoms. The molecule has 4 rings (SSSR count). The van der Waals surface area contributed by atoms with E-state index in [9.17, 15) is 24.0 Å². The van der Waals surface area contributed by atoms with Gasteiger partial charge in [-0.1, -0.05) is 50.8 Å². The molecule has 4 amide bonds. The van der Waals surface area contributed by atoms with E-state index in [1.807, 2.05) is 45.0 Å². The van der Waals surface area contributed by atoms with E-state index in [0.29, 0.717) is 25.2 Å². The summed E-state index contributed by atoms with van der Waals surface area (Å²) in [5.74, 6) is -2.03. The predicted molar refractivity (Wildman–Crippen MR) is 178 cm³/mol. The van der Waals surface area contributed by atoms with Gasteiger partial charge in [0.25, 0.3) is 5.91 Å². The van der Waals surface area contributed by atoms with E-state index in [1.165, 1.54) is 11.0 Å². The molecule has 1 saturated heterocycles. The second kappa shape index (κ2) is 16.9. The number of fused-ring (bicyclic) bond motifs is 4. The molecular weight excluding hydrogens is 600 g/mol. The topological polar surface area (TPSA) is 143 Å². The molecule has 2 unspecified atom stereocenters. The van der Waals surface area contributed by atoms with Gasteiger partial charge in [0, 0.05) is 19.5 Å². The molecule has 0 aromatic heterocycles. The molecule has 11 heteroatoms. The van der Waals surface area contributed by atoms with Gasteiger partial charge >= 0.3 is 0 Å². The van der Waals surface area contributed by atoms with Gasteiger partial charge in [0.1, 0.15) is 17.8 Å². The van der Waals surface area contributed by atoms with E-state index >= 15 is 0 Å². The van der Waals surface area contributed by atoms with Crippen molar-refractivity contribution in [3.05, 3.63) is 42.5 Å². The van der Waals surface area contributed by atoms with Crippen LogP contribution in [0.4, 0.5) is 0 Å². The van der Waals surface area contributed by atoms with Gasteiger partial charge in [-0.25, -0.2) is 0 Å². The van der Waals surface area contributed by atoms with Crippen LogP contribution in [0.15, 0.2) is 36.9 Å². The van der Waals surface area contributed by atoms with Crippen LogP contribution in [0.5, 0.6) is 5.75 Å². The third kappa shape index (κ3) is 10.1. The van der Waals surface area contributed by atoms with Gasteiger partial charge in [0.15, 0.2) is 0 Å². The van der Waals surface area contributed by atoms with Crippen LogP contribution >= 0.6 is 0 Å². The lowest BCUT2D eigenvalue weighted by atomic mass is 9.83. The Balaban J connectivity index is 1.64. The Morgan fingerprint density at radius 2 is 1.91 bits per heavy atom. The first-order chi connectivity index (χ1) is 22.5. The van der Waals surface area contributed by atoms with Crippen molar-refractivity contribution in [2.45, 2.75) is 121 Å². The Kier molecular flexibility index (Phi) is 13.0. The third-order valence-electron chi connectivity index (χ3n) is 9.33. The largest absolute Gasteiger partial charge is 0.494 e. The van der Waals surface area contributed by atoms with Gasteiger partial charge in [0.05, 0.1) is 30.8 Å². The molecule has 1 aromatic rings. The molecule has 4 atom stereocenters. The number of nitrogens with one attached hydrogen (secondary N) is 3. The minimum Gasteiger partial charge on any atom is -0.494 e. The number of ketones is 1. The second-order valence-corrected chi connectivity index (χ2v) is 13.7. The fourth-order valence-corrected chi connectivity index (χ4v) is 6.99. The highest BCUT2D eigenvalue weighted by molar-refractivity contribution is 6.38. The summed E-state index contributed by atoms with van der Waals surface area (Å²) in [6.45, 7) is 10.2. The van der Waals surface area contributed by atoms with Crippen molar-refractivity contribution in [1.82, 2.24) is 20.9 Å². The lowest BCUT2D eigenvalue weighted by molar-refractivity contribution is -0.144. The molecule has 2 heterocycles. The summed E-state index contributed by atoms with van der Waals surface area (Å²) >= 11 is 0. The molecule has 3 aliphatic rings. The highest BCUT2D eigenvalue weighted by Gasteiger charge is 2.46. The van der Waals surface area contributed by atoms with Crippen molar-refractivity contribution in [2.24, 2.45) is 5.92 Å². The quantitative estimate of drug-likeness (QED) is 0.274. The molecule has 3 N–H and O–H groups in total. The zero-order valence-corrected chi connectivity index (χ0v) is 28.2. The van der Waals surface area contributed by atoms with Gasteiger partial charge in [-0.3, -0.25) is 24.0 Å². The van der Waals surface area contributed by atoms with Gasteiger partial charge in [-0.05, 0) is 69.6 Å². The van der Waals surface area contributed by atoms with Crippen molar-refractivity contribution in [3.8, 4) is 5.75 Å². The van der Waals surface area contributed by atoms with Crippen molar-refractivity contribution in [2.75, 3.05) is 19.7 Å². The molecule has 0 radical (unpaired) electrons. The van der Waals surface area contributed by atoms with E-state index in [-0.39, 0.29) is 50.1 Å². The van der Waals surface area contributed by atoms with Crippen LogP contribution < -0.4 is 20.7 Å². The summed E-state index contributed by atoms with van der Waals surface area (Å²) in [6, 6.07) is 4.67. The number of benzene rings is 1. The fraction of sp³-hybridized carbons (Fsp3) is 0.639. The second-order valence-electron chi connectivity index (χ2n) is 13.7. The number of nitrogens with zero attached hydrogens (tertiary/aromatic N) is 1. The molecule has 2 fully saturated rings. The molecule has 1 saturated carbocycles. The summed E-state index contributed by atoms with van der Waals surface area (Å²) in [5, 5.41) is 8.33. The van der Waals surface area contributed by atoms with Gasteiger partial charge in [0.2, 0.25) is 23.5 Å². The zero-order chi connectivity index (χ0) is 34.0. The number of hydrogen-bond acceptors (Lipinski definition) is 7. The van der Waals surface area contributed by atoms with Crippen LogP contribution in [0.2, 0.25) is 0 Å². The normalized spacial score (nSPS) is 24.7. The minimum atomic E-state index is -1.04. The molecule has 47 heavy (non-hydrogen) atoms. The Bertz CT molecular complexity index is 1290. The summed E-state index contributed by atoms with van der Waals surface area (Å²) in [5.41, 5.74) is 0.218.